The average molecular weight is 275 g/mol. The van der Waals surface area contributed by atoms with Crippen LogP contribution in [0.3, 0.4) is 0 Å². The van der Waals surface area contributed by atoms with E-state index >= 15 is 0 Å². The van der Waals surface area contributed by atoms with E-state index in [9.17, 15) is 22.7 Å². The van der Waals surface area contributed by atoms with Gasteiger partial charge in [-0.15, -0.1) is 0 Å². The Balaban J connectivity index is 3.40. The van der Waals surface area contributed by atoms with Crippen LogP contribution in [0.4, 0.5) is 17.6 Å². The van der Waals surface area contributed by atoms with Gasteiger partial charge in [-0.25, -0.2) is 4.39 Å². The fourth-order valence-electron chi connectivity index (χ4n) is 1.69. The molecular formula is C13H13F4NO. The molecule has 0 bridgehead atoms. The van der Waals surface area contributed by atoms with Crippen molar-refractivity contribution in [1.29, 1.82) is 5.26 Å². The summed E-state index contributed by atoms with van der Waals surface area (Å²) in [6, 6.07) is 3.84. The Morgan fingerprint density at radius 1 is 1.37 bits per heavy atom. The SMILES string of the molecule is CCC(C)(C#N)C(O)c1ccc(F)cc1C(F)(F)F. The van der Waals surface area contributed by atoms with Gasteiger partial charge in [0, 0.05) is 0 Å². The van der Waals surface area contributed by atoms with Gasteiger partial charge in [-0.3, -0.25) is 0 Å². The molecule has 6 heteroatoms. The molecule has 1 rings (SSSR count). The summed E-state index contributed by atoms with van der Waals surface area (Å²) in [4.78, 5) is 0. The first-order valence-corrected chi connectivity index (χ1v) is 5.61. The molecule has 0 radical (unpaired) electrons. The lowest BCUT2D eigenvalue weighted by Gasteiger charge is -2.28. The molecule has 0 amide bonds. The Kier molecular flexibility index (Phi) is 4.21. The second kappa shape index (κ2) is 5.17. The topological polar surface area (TPSA) is 44.0 Å². The van der Waals surface area contributed by atoms with E-state index in [4.69, 9.17) is 5.26 Å². The van der Waals surface area contributed by atoms with Crippen LogP contribution in [0, 0.1) is 22.6 Å². The molecule has 19 heavy (non-hydrogen) atoms. The van der Waals surface area contributed by atoms with Crippen molar-refractivity contribution < 1.29 is 22.7 Å². The average Bonchev–Trinajstić information content (AvgIpc) is 2.36. The first-order chi connectivity index (χ1) is 8.65. The molecule has 2 atom stereocenters. The predicted molar refractivity (Wildman–Crippen MR) is 60.4 cm³/mol. The number of halogens is 4. The maximum Gasteiger partial charge on any atom is 0.416 e. The number of benzene rings is 1. The number of hydrogen-bond donors (Lipinski definition) is 1. The summed E-state index contributed by atoms with van der Waals surface area (Å²) in [5.41, 5.74) is -3.10. The van der Waals surface area contributed by atoms with Crippen molar-refractivity contribution in [3.05, 3.63) is 35.1 Å². The lowest BCUT2D eigenvalue weighted by Crippen LogP contribution is -2.25. The number of nitrogens with zero attached hydrogens (tertiary/aromatic N) is 1. The van der Waals surface area contributed by atoms with Gasteiger partial charge in [-0.2, -0.15) is 18.4 Å². The normalized spacial score (nSPS) is 16.5. The number of rotatable bonds is 3. The van der Waals surface area contributed by atoms with Crippen molar-refractivity contribution in [2.45, 2.75) is 32.5 Å². The molecule has 0 aliphatic rings. The summed E-state index contributed by atoms with van der Waals surface area (Å²) in [7, 11) is 0. The molecule has 0 heterocycles. The lowest BCUT2D eigenvalue weighted by molar-refractivity contribution is -0.140. The highest BCUT2D eigenvalue weighted by Crippen LogP contribution is 2.42. The molecule has 104 valence electrons. The van der Waals surface area contributed by atoms with Crippen molar-refractivity contribution >= 4 is 0 Å². The Labute approximate surface area is 108 Å². The van der Waals surface area contributed by atoms with Crippen molar-refractivity contribution in [3.8, 4) is 6.07 Å². The molecule has 1 N–H and O–H groups in total. The Hall–Kier alpha value is -1.61. The van der Waals surface area contributed by atoms with Gasteiger partial charge < -0.3 is 5.11 Å². The largest absolute Gasteiger partial charge is 0.416 e. The van der Waals surface area contributed by atoms with Crippen molar-refractivity contribution in [2.75, 3.05) is 0 Å². The highest BCUT2D eigenvalue weighted by Gasteiger charge is 2.40. The van der Waals surface area contributed by atoms with Crippen LogP contribution in [0.5, 0.6) is 0 Å². The molecular weight excluding hydrogens is 262 g/mol. The van der Waals surface area contributed by atoms with E-state index in [0.29, 0.717) is 6.07 Å². The van der Waals surface area contributed by atoms with E-state index in [1.165, 1.54) is 6.92 Å². The minimum Gasteiger partial charge on any atom is -0.387 e. The van der Waals surface area contributed by atoms with Crippen LogP contribution in [0.1, 0.15) is 37.5 Å². The molecule has 1 aromatic rings. The lowest BCUT2D eigenvalue weighted by atomic mass is 9.78. The zero-order valence-corrected chi connectivity index (χ0v) is 10.4. The third-order valence-corrected chi connectivity index (χ3v) is 3.21. The molecule has 0 aliphatic carbocycles. The Morgan fingerprint density at radius 2 is 1.95 bits per heavy atom. The molecule has 0 saturated heterocycles. The fourth-order valence-corrected chi connectivity index (χ4v) is 1.69. The smallest absolute Gasteiger partial charge is 0.387 e. The standard InChI is InChI=1S/C13H13F4NO/c1-3-12(2,7-18)11(19)9-5-4-8(14)6-10(9)13(15,16)17/h4-6,11,19H,3H2,1-2H3. The van der Waals surface area contributed by atoms with Gasteiger partial charge in [0.15, 0.2) is 0 Å². The third-order valence-electron chi connectivity index (χ3n) is 3.21. The van der Waals surface area contributed by atoms with Gasteiger partial charge in [0.05, 0.1) is 23.2 Å². The first kappa shape index (κ1) is 15.4. The Morgan fingerprint density at radius 3 is 2.37 bits per heavy atom. The summed E-state index contributed by atoms with van der Waals surface area (Å²) in [5, 5.41) is 19.0. The van der Waals surface area contributed by atoms with E-state index in [1.54, 1.807) is 6.92 Å². The number of aliphatic hydroxyl groups is 1. The highest BCUT2D eigenvalue weighted by molar-refractivity contribution is 5.34. The van der Waals surface area contributed by atoms with Gasteiger partial charge >= 0.3 is 6.18 Å². The van der Waals surface area contributed by atoms with Gasteiger partial charge in [-0.1, -0.05) is 13.0 Å². The van der Waals surface area contributed by atoms with Crippen LogP contribution < -0.4 is 0 Å². The summed E-state index contributed by atoms with van der Waals surface area (Å²) < 4.78 is 51.4. The summed E-state index contributed by atoms with van der Waals surface area (Å²) in [6.07, 6.45) is -6.26. The highest BCUT2D eigenvalue weighted by atomic mass is 19.4. The van der Waals surface area contributed by atoms with Gasteiger partial charge in [-0.05, 0) is 31.0 Å². The van der Waals surface area contributed by atoms with Crippen LogP contribution in [0.15, 0.2) is 18.2 Å². The van der Waals surface area contributed by atoms with E-state index < -0.39 is 34.6 Å². The van der Waals surface area contributed by atoms with Crippen LogP contribution >= 0.6 is 0 Å². The van der Waals surface area contributed by atoms with E-state index in [1.807, 2.05) is 6.07 Å². The monoisotopic (exact) mass is 275 g/mol. The quantitative estimate of drug-likeness (QED) is 0.852. The first-order valence-electron chi connectivity index (χ1n) is 5.61. The third kappa shape index (κ3) is 3.04. The zero-order chi connectivity index (χ0) is 14.8. The fraction of sp³-hybridized carbons (Fsp3) is 0.462. The predicted octanol–water partition coefficient (Wildman–Crippen LogP) is 3.82. The molecule has 2 unspecified atom stereocenters. The summed E-state index contributed by atoms with van der Waals surface area (Å²) >= 11 is 0. The minimum atomic E-state index is -4.79. The van der Waals surface area contributed by atoms with Crippen LogP contribution in [0.25, 0.3) is 0 Å². The minimum absolute atomic E-state index is 0.166. The van der Waals surface area contributed by atoms with Crippen molar-refractivity contribution in [1.82, 2.24) is 0 Å². The number of aliphatic hydroxyl groups excluding tert-OH is 1. The summed E-state index contributed by atoms with van der Waals surface area (Å²) in [6.45, 7) is 2.95. The Bertz CT molecular complexity index is 506. The second-order valence-electron chi connectivity index (χ2n) is 4.51. The van der Waals surface area contributed by atoms with Gasteiger partial charge in [0.1, 0.15) is 5.82 Å². The van der Waals surface area contributed by atoms with Gasteiger partial charge in [0.2, 0.25) is 0 Å². The van der Waals surface area contributed by atoms with E-state index in [0.717, 1.165) is 12.1 Å². The van der Waals surface area contributed by atoms with Gasteiger partial charge in [0.25, 0.3) is 0 Å². The number of alkyl halides is 3. The zero-order valence-electron chi connectivity index (χ0n) is 10.4. The van der Waals surface area contributed by atoms with Crippen LogP contribution in [0.2, 0.25) is 0 Å². The molecule has 0 aromatic heterocycles. The molecule has 0 spiro atoms. The van der Waals surface area contributed by atoms with Crippen LogP contribution in [-0.4, -0.2) is 5.11 Å². The summed E-state index contributed by atoms with van der Waals surface area (Å²) in [5.74, 6) is -1.04. The van der Waals surface area contributed by atoms with E-state index in [-0.39, 0.29) is 6.42 Å². The van der Waals surface area contributed by atoms with Crippen LogP contribution in [-0.2, 0) is 6.18 Å². The molecule has 2 nitrogen and oxygen atoms in total. The molecule has 0 aliphatic heterocycles. The van der Waals surface area contributed by atoms with E-state index in [2.05, 4.69) is 0 Å². The second-order valence-corrected chi connectivity index (χ2v) is 4.51. The maximum absolute atomic E-state index is 13.0. The molecule has 0 fully saturated rings. The van der Waals surface area contributed by atoms with Crippen molar-refractivity contribution in [3.63, 3.8) is 0 Å². The molecule has 1 aromatic carbocycles. The number of nitriles is 1. The maximum atomic E-state index is 13.0. The number of hydrogen-bond acceptors (Lipinski definition) is 2. The molecule has 0 saturated carbocycles. The van der Waals surface area contributed by atoms with Crippen molar-refractivity contribution in [2.24, 2.45) is 5.41 Å².